The van der Waals surface area contributed by atoms with Crippen molar-refractivity contribution in [2.45, 2.75) is 0 Å². The molecule has 1 heterocycles. The summed E-state index contributed by atoms with van der Waals surface area (Å²) >= 11 is 0. The maximum atomic E-state index is 13.7. The fraction of sp³-hybridized carbons (Fsp3) is 0.0526. The third-order valence-electron chi connectivity index (χ3n) is 3.95. The van der Waals surface area contributed by atoms with E-state index < -0.39 is 40.7 Å². The van der Waals surface area contributed by atoms with Crippen LogP contribution in [0.4, 0.5) is 24.5 Å². The maximum Gasteiger partial charge on any atom is 0.274 e. The molecule has 0 fully saturated rings. The lowest BCUT2D eigenvalue weighted by Crippen LogP contribution is -2.23. The molecule has 4 N–H and O–H groups in total. The van der Waals surface area contributed by atoms with Crippen molar-refractivity contribution in [3.63, 3.8) is 0 Å². The quantitative estimate of drug-likeness (QED) is 0.478. The number of amides is 3. The Bertz CT molecular complexity index is 1130. The summed E-state index contributed by atoms with van der Waals surface area (Å²) in [5.74, 6) is -6.25. The molecule has 0 aliphatic rings. The normalized spacial score (nSPS) is 10.4. The highest BCUT2D eigenvalue weighted by Gasteiger charge is 2.20. The summed E-state index contributed by atoms with van der Waals surface area (Å²) in [5, 5.41) is 7.20. The van der Waals surface area contributed by atoms with Gasteiger partial charge in [-0.15, -0.1) is 0 Å². The smallest absolute Gasteiger partial charge is 0.274 e. The molecule has 0 aliphatic carbocycles. The van der Waals surface area contributed by atoms with Crippen LogP contribution in [0.1, 0.15) is 31.3 Å². The lowest BCUT2D eigenvalue weighted by atomic mass is 10.1. The molecule has 0 spiro atoms. The van der Waals surface area contributed by atoms with Crippen LogP contribution >= 0.6 is 0 Å². The van der Waals surface area contributed by atoms with E-state index in [1.165, 1.54) is 37.6 Å². The van der Waals surface area contributed by atoms with Crippen LogP contribution in [0.2, 0.25) is 0 Å². The largest absolute Gasteiger partial charge is 0.354 e. The second kappa shape index (κ2) is 8.47. The highest BCUT2D eigenvalue weighted by Crippen LogP contribution is 2.19. The summed E-state index contributed by atoms with van der Waals surface area (Å²) in [5.41, 5.74) is -0.405. The Hall–Kier alpha value is -4.15. The number of hydrogen-bond donors (Lipinski definition) is 4. The Kier molecular flexibility index (Phi) is 5.81. The Labute approximate surface area is 167 Å². The Balaban J connectivity index is 1.70. The van der Waals surface area contributed by atoms with Crippen LogP contribution < -0.4 is 16.0 Å². The molecule has 0 saturated heterocycles. The first-order valence-corrected chi connectivity index (χ1v) is 8.43. The van der Waals surface area contributed by atoms with E-state index in [0.29, 0.717) is 17.8 Å². The van der Waals surface area contributed by atoms with Gasteiger partial charge in [-0.05, 0) is 30.3 Å². The molecule has 0 saturated carbocycles. The summed E-state index contributed by atoms with van der Waals surface area (Å²) in [6.45, 7) is 0. The van der Waals surface area contributed by atoms with Gasteiger partial charge in [0.05, 0.1) is 11.9 Å². The molecule has 2 aromatic carbocycles. The monoisotopic (exact) mass is 417 g/mol. The molecule has 154 valence electrons. The fourth-order valence-corrected chi connectivity index (χ4v) is 2.51. The lowest BCUT2D eigenvalue weighted by Gasteiger charge is -2.09. The number of carbonyl (C=O) groups is 3. The van der Waals surface area contributed by atoms with E-state index in [0.717, 1.165) is 0 Å². The minimum atomic E-state index is -1.48. The van der Waals surface area contributed by atoms with Crippen LogP contribution in [0.15, 0.2) is 42.7 Å². The Morgan fingerprint density at radius 3 is 2.10 bits per heavy atom. The van der Waals surface area contributed by atoms with E-state index >= 15 is 0 Å². The molecule has 3 aromatic rings. The van der Waals surface area contributed by atoms with Gasteiger partial charge in [0.2, 0.25) is 0 Å². The van der Waals surface area contributed by atoms with Crippen molar-refractivity contribution >= 4 is 29.1 Å². The van der Waals surface area contributed by atoms with Gasteiger partial charge in [-0.2, -0.15) is 0 Å². The van der Waals surface area contributed by atoms with Crippen molar-refractivity contribution in [3.05, 3.63) is 77.1 Å². The van der Waals surface area contributed by atoms with Gasteiger partial charge in [-0.1, -0.05) is 0 Å². The highest BCUT2D eigenvalue weighted by molar-refractivity contribution is 6.10. The Morgan fingerprint density at radius 2 is 1.50 bits per heavy atom. The number of carbonyl (C=O) groups excluding carboxylic acids is 3. The highest BCUT2D eigenvalue weighted by atomic mass is 19.2. The number of nitrogens with zero attached hydrogens (tertiary/aromatic N) is 1. The van der Waals surface area contributed by atoms with Crippen molar-refractivity contribution in [1.29, 1.82) is 0 Å². The fourth-order valence-electron chi connectivity index (χ4n) is 2.51. The van der Waals surface area contributed by atoms with Gasteiger partial charge in [0.25, 0.3) is 17.7 Å². The van der Waals surface area contributed by atoms with Gasteiger partial charge in [-0.3, -0.25) is 14.4 Å². The van der Waals surface area contributed by atoms with Gasteiger partial charge < -0.3 is 20.9 Å². The first kappa shape index (κ1) is 20.6. The van der Waals surface area contributed by atoms with Gasteiger partial charge in [0, 0.05) is 24.5 Å². The van der Waals surface area contributed by atoms with E-state index in [9.17, 15) is 27.6 Å². The van der Waals surface area contributed by atoms with Crippen molar-refractivity contribution in [2.24, 2.45) is 0 Å². The molecule has 3 amide bonds. The number of H-pyrrole nitrogens is 1. The molecule has 30 heavy (non-hydrogen) atoms. The SMILES string of the molecule is CNC(=O)c1nc[nH]c1C(=O)Nc1ccc(NC(=O)c2cc(F)cc(F)c2F)cc1. The number of hydrogen-bond acceptors (Lipinski definition) is 4. The number of rotatable bonds is 5. The van der Waals surface area contributed by atoms with Gasteiger partial charge in [0.15, 0.2) is 17.3 Å². The van der Waals surface area contributed by atoms with Gasteiger partial charge in [0.1, 0.15) is 11.5 Å². The predicted molar refractivity (Wildman–Crippen MR) is 101 cm³/mol. The second-order valence-electron chi connectivity index (χ2n) is 5.94. The third kappa shape index (κ3) is 4.29. The summed E-state index contributed by atoms with van der Waals surface area (Å²) in [6.07, 6.45) is 1.20. The molecular weight excluding hydrogens is 403 g/mol. The third-order valence-corrected chi connectivity index (χ3v) is 3.95. The minimum Gasteiger partial charge on any atom is -0.354 e. The van der Waals surface area contributed by atoms with Gasteiger partial charge >= 0.3 is 0 Å². The molecule has 8 nitrogen and oxygen atoms in total. The van der Waals surface area contributed by atoms with Crippen molar-refractivity contribution in [1.82, 2.24) is 15.3 Å². The molecule has 0 radical (unpaired) electrons. The van der Waals surface area contributed by atoms with E-state index in [4.69, 9.17) is 0 Å². The molecule has 11 heteroatoms. The number of nitrogens with one attached hydrogen (secondary N) is 4. The van der Waals surface area contributed by atoms with Crippen molar-refractivity contribution < 1.29 is 27.6 Å². The van der Waals surface area contributed by atoms with Crippen LogP contribution in [0, 0.1) is 17.5 Å². The van der Waals surface area contributed by atoms with E-state index in [1.807, 2.05) is 0 Å². The second-order valence-corrected chi connectivity index (χ2v) is 5.94. The predicted octanol–water partition coefficient (Wildman–Crippen LogP) is 2.69. The van der Waals surface area contributed by atoms with Crippen LogP contribution in [0.25, 0.3) is 0 Å². The molecule has 0 bridgehead atoms. The molecule has 0 atom stereocenters. The minimum absolute atomic E-state index is 0.0460. The first-order chi connectivity index (χ1) is 14.3. The number of halogens is 3. The zero-order chi connectivity index (χ0) is 21.8. The van der Waals surface area contributed by atoms with Gasteiger partial charge in [-0.25, -0.2) is 18.2 Å². The maximum absolute atomic E-state index is 13.7. The molecule has 0 aliphatic heterocycles. The number of aromatic amines is 1. The average Bonchev–Trinajstić information content (AvgIpc) is 3.21. The van der Waals surface area contributed by atoms with E-state index in [2.05, 4.69) is 25.9 Å². The van der Waals surface area contributed by atoms with E-state index in [1.54, 1.807) is 0 Å². The number of benzene rings is 2. The summed E-state index contributed by atoms with van der Waals surface area (Å²) in [4.78, 5) is 42.5. The molecular formula is C19H14F3N5O3. The van der Waals surface area contributed by atoms with Crippen LogP contribution in [0.5, 0.6) is 0 Å². The Morgan fingerprint density at radius 1 is 0.900 bits per heavy atom. The van der Waals surface area contributed by atoms with Crippen LogP contribution in [0.3, 0.4) is 0 Å². The summed E-state index contributed by atoms with van der Waals surface area (Å²) in [7, 11) is 1.40. The molecule has 0 unspecified atom stereocenters. The zero-order valence-corrected chi connectivity index (χ0v) is 15.3. The number of anilines is 2. The average molecular weight is 417 g/mol. The number of aromatic nitrogens is 2. The lowest BCUT2D eigenvalue weighted by molar-refractivity contribution is 0.0943. The zero-order valence-electron chi connectivity index (χ0n) is 15.3. The number of imidazole rings is 1. The van der Waals surface area contributed by atoms with Crippen molar-refractivity contribution in [3.8, 4) is 0 Å². The first-order valence-electron chi connectivity index (χ1n) is 8.43. The van der Waals surface area contributed by atoms with Crippen LogP contribution in [-0.4, -0.2) is 34.7 Å². The van der Waals surface area contributed by atoms with E-state index in [-0.39, 0.29) is 17.1 Å². The standard InChI is InChI=1S/C19H14F3N5O3/c1-23-18(29)15-16(25-8-24-15)19(30)27-11-4-2-10(3-5-11)26-17(28)12-6-9(20)7-13(21)14(12)22/h2-8H,1H3,(H,23,29)(H,24,25)(H,26,28)(H,27,30). The topological polar surface area (TPSA) is 116 Å². The summed E-state index contributed by atoms with van der Waals surface area (Å²) < 4.78 is 40.2. The van der Waals surface area contributed by atoms with Crippen LogP contribution in [-0.2, 0) is 0 Å². The van der Waals surface area contributed by atoms with Crippen molar-refractivity contribution in [2.75, 3.05) is 17.7 Å². The molecule has 3 rings (SSSR count). The molecule has 1 aromatic heterocycles. The summed E-state index contributed by atoms with van der Waals surface area (Å²) in [6, 6.07) is 6.52.